The molecule has 0 aliphatic carbocycles. The fraction of sp³-hybridized carbons (Fsp3) is 0.211. The standard InChI is InChI=1S/C19H20N4O/c1-19(2,3)15-11-9-14(10-12-15)17(24)23-18(20)21-16(22-23)13-7-5-4-6-8-13/h4-12H,1-3H3,(H2,20,21,22). The van der Waals surface area contributed by atoms with Crippen molar-refractivity contribution in [2.75, 3.05) is 5.73 Å². The van der Waals surface area contributed by atoms with Crippen LogP contribution in [0.25, 0.3) is 11.4 Å². The van der Waals surface area contributed by atoms with Crippen LogP contribution in [0.2, 0.25) is 0 Å². The molecule has 5 heteroatoms. The Bertz CT molecular complexity index is 859. The molecular formula is C19H20N4O. The molecule has 0 aliphatic rings. The monoisotopic (exact) mass is 320 g/mol. The lowest BCUT2D eigenvalue weighted by Crippen LogP contribution is -2.17. The normalized spacial score (nSPS) is 11.5. The molecule has 2 N–H and O–H groups in total. The maximum absolute atomic E-state index is 12.7. The molecule has 3 aromatic rings. The first-order valence-corrected chi connectivity index (χ1v) is 7.79. The number of rotatable bonds is 2. The van der Waals surface area contributed by atoms with Crippen molar-refractivity contribution in [2.45, 2.75) is 26.2 Å². The second kappa shape index (κ2) is 5.92. The molecule has 1 aromatic heterocycles. The minimum absolute atomic E-state index is 0.0361. The first kappa shape index (κ1) is 15.9. The average Bonchev–Trinajstić information content (AvgIpc) is 2.96. The Morgan fingerprint density at radius 3 is 2.21 bits per heavy atom. The Kier molecular flexibility index (Phi) is 3.93. The fourth-order valence-corrected chi connectivity index (χ4v) is 2.42. The molecule has 1 heterocycles. The third-order valence-corrected chi connectivity index (χ3v) is 3.85. The number of hydrogen-bond acceptors (Lipinski definition) is 4. The van der Waals surface area contributed by atoms with Gasteiger partial charge < -0.3 is 5.73 Å². The van der Waals surface area contributed by atoms with Gasteiger partial charge in [0, 0.05) is 11.1 Å². The molecule has 0 aliphatic heterocycles. The van der Waals surface area contributed by atoms with E-state index in [2.05, 4.69) is 30.9 Å². The molecule has 0 amide bonds. The van der Waals surface area contributed by atoms with Crippen molar-refractivity contribution in [3.63, 3.8) is 0 Å². The number of nitrogens with two attached hydrogens (primary N) is 1. The van der Waals surface area contributed by atoms with E-state index >= 15 is 0 Å². The van der Waals surface area contributed by atoms with Gasteiger partial charge in [0.05, 0.1) is 0 Å². The van der Waals surface area contributed by atoms with E-state index in [1.807, 2.05) is 42.5 Å². The summed E-state index contributed by atoms with van der Waals surface area (Å²) in [5, 5.41) is 4.26. The third-order valence-electron chi connectivity index (χ3n) is 3.85. The van der Waals surface area contributed by atoms with Gasteiger partial charge in [-0.1, -0.05) is 63.2 Å². The van der Waals surface area contributed by atoms with E-state index in [1.54, 1.807) is 12.1 Å². The fourth-order valence-electron chi connectivity index (χ4n) is 2.42. The van der Waals surface area contributed by atoms with Crippen LogP contribution in [-0.2, 0) is 5.41 Å². The lowest BCUT2D eigenvalue weighted by Gasteiger charge is -2.18. The van der Waals surface area contributed by atoms with Gasteiger partial charge in [-0.15, -0.1) is 5.10 Å². The Morgan fingerprint density at radius 1 is 1.00 bits per heavy atom. The number of anilines is 1. The lowest BCUT2D eigenvalue weighted by atomic mass is 9.87. The van der Waals surface area contributed by atoms with Crippen molar-refractivity contribution in [3.8, 4) is 11.4 Å². The first-order valence-electron chi connectivity index (χ1n) is 7.79. The SMILES string of the molecule is CC(C)(C)c1ccc(C(=O)n2nc(-c3ccccc3)nc2N)cc1. The molecule has 0 radical (unpaired) electrons. The van der Waals surface area contributed by atoms with Gasteiger partial charge in [-0.2, -0.15) is 9.67 Å². The van der Waals surface area contributed by atoms with Crippen molar-refractivity contribution in [2.24, 2.45) is 0 Å². The summed E-state index contributed by atoms with van der Waals surface area (Å²) < 4.78 is 1.15. The van der Waals surface area contributed by atoms with E-state index in [1.165, 1.54) is 0 Å². The number of benzene rings is 2. The zero-order valence-electron chi connectivity index (χ0n) is 14.0. The molecule has 5 nitrogen and oxygen atoms in total. The molecule has 122 valence electrons. The summed E-state index contributed by atoms with van der Waals surface area (Å²) in [5.74, 6) is 0.231. The topological polar surface area (TPSA) is 73.8 Å². The summed E-state index contributed by atoms with van der Waals surface area (Å²) in [4.78, 5) is 16.8. The van der Waals surface area contributed by atoms with Gasteiger partial charge in [0.1, 0.15) is 0 Å². The van der Waals surface area contributed by atoms with E-state index in [0.717, 1.165) is 15.8 Å². The molecule has 0 unspecified atom stereocenters. The molecule has 0 bridgehead atoms. The Morgan fingerprint density at radius 2 is 1.62 bits per heavy atom. The smallest absolute Gasteiger partial charge is 0.281 e. The number of nitrogen functional groups attached to an aromatic ring is 1. The first-order chi connectivity index (χ1) is 11.4. The minimum Gasteiger partial charge on any atom is -0.368 e. The Balaban J connectivity index is 1.92. The number of carbonyl (C=O) groups is 1. The summed E-state index contributed by atoms with van der Waals surface area (Å²) in [5.41, 5.74) is 8.43. The van der Waals surface area contributed by atoms with Crippen molar-refractivity contribution < 1.29 is 4.79 Å². The highest BCUT2D eigenvalue weighted by atomic mass is 16.2. The summed E-state index contributed by atoms with van der Waals surface area (Å²) in [7, 11) is 0. The predicted molar refractivity (Wildman–Crippen MR) is 94.7 cm³/mol. The van der Waals surface area contributed by atoms with Crippen LogP contribution in [0.5, 0.6) is 0 Å². The van der Waals surface area contributed by atoms with E-state index in [-0.39, 0.29) is 17.3 Å². The molecule has 0 fully saturated rings. The van der Waals surface area contributed by atoms with Crippen LogP contribution >= 0.6 is 0 Å². The van der Waals surface area contributed by atoms with Crippen LogP contribution in [0.1, 0.15) is 36.7 Å². The molecular weight excluding hydrogens is 300 g/mol. The van der Waals surface area contributed by atoms with Gasteiger partial charge in [-0.25, -0.2) is 0 Å². The molecule has 2 aromatic carbocycles. The molecule has 0 spiro atoms. The zero-order valence-corrected chi connectivity index (χ0v) is 14.0. The van der Waals surface area contributed by atoms with E-state index in [4.69, 9.17) is 5.73 Å². The predicted octanol–water partition coefficient (Wildman–Crippen LogP) is 3.51. The summed E-state index contributed by atoms with van der Waals surface area (Å²) in [6, 6.07) is 16.9. The van der Waals surface area contributed by atoms with Gasteiger partial charge in [0.25, 0.3) is 5.91 Å². The number of aromatic nitrogens is 3. The van der Waals surface area contributed by atoms with Gasteiger partial charge in [0.15, 0.2) is 5.82 Å². The molecule has 24 heavy (non-hydrogen) atoms. The van der Waals surface area contributed by atoms with Crippen LogP contribution in [0.3, 0.4) is 0 Å². The maximum Gasteiger partial charge on any atom is 0.281 e. The van der Waals surface area contributed by atoms with Crippen LogP contribution in [0, 0.1) is 0 Å². The highest BCUT2D eigenvalue weighted by molar-refractivity contribution is 5.97. The summed E-state index contributed by atoms with van der Waals surface area (Å²) >= 11 is 0. The van der Waals surface area contributed by atoms with Crippen molar-refractivity contribution in [1.29, 1.82) is 0 Å². The number of hydrogen-bond donors (Lipinski definition) is 1. The van der Waals surface area contributed by atoms with Crippen molar-refractivity contribution in [1.82, 2.24) is 14.8 Å². The lowest BCUT2D eigenvalue weighted by molar-refractivity contribution is 0.0948. The second-order valence-electron chi connectivity index (χ2n) is 6.70. The van der Waals surface area contributed by atoms with Crippen LogP contribution in [0.4, 0.5) is 5.95 Å². The number of carbonyl (C=O) groups excluding carboxylic acids is 1. The second-order valence-corrected chi connectivity index (χ2v) is 6.70. The Hall–Kier alpha value is -2.95. The third kappa shape index (κ3) is 3.06. The molecule has 0 atom stereocenters. The van der Waals surface area contributed by atoms with Crippen LogP contribution in [0.15, 0.2) is 54.6 Å². The van der Waals surface area contributed by atoms with E-state index < -0.39 is 0 Å². The van der Waals surface area contributed by atoms with Crippen LogP contribution in [-0.4, -0.2) is 20.7 Å². The van der Waals surface area contributed by atoms with Gasteiger partial charge in [-0.05, 0) is 23.1 Å². The Labute approximate surface area is 141 Å². The highest BCUT2D eigenvalue weighted by Gasteiger charge is 2.18. The molecule has 3 rings (SSSR count). The maximum atomic E-state index is 12.7. The largest absolute Gasteiger partial charge is 0.368 e. The van der Waals surface area contributed by atoms with Crippen LogP contribution < -0.4 is 5.73 Å². The van der Waals surface area contributed by atoms with Crippen molar-refractivity contribution >= 4 is 11.9 Å². The quantitative estimate of drug-likeness (QED) is 0.784. The summed E-state index contributed by atoms with van der Waals surface area (Å²) in [6.07, 6.45) is 0. The average molecular weight is 320 g/mol. The van der Waals surface area contributed by atoms with E-state index in [9.17, 15) is 4.79 Å². The number of nitrogens with zero attached hydrogens (tertiary/aromatic N) is 3. The molecule has 0 saturated heterocycles. The highest BCUT2D eigenvalue weighted by Crippen LogP contribution is 2.23. The summed E-state index contributed by atoms with van der Waals surface area (Å²) in [6.45, 7) is 6.39. The van der Waals surface area contributed by atoms with Gasteiger partial charge in [-0.3, -0.25) is 4.79 Å². The van der Waals surface area contributed by atoms with Gasteiger partial charge >= 0.3 is 0 Å². The minimum atomic E-state index is -0.289. The molecule has 0 saturated carbocycles. The van der Waals surface area contributed by atoms with Crippen molar-refractivity contribution in [3.05, 3.63) is 65.7 Å². The van der Waals surface area contributed by atoms with Gasteiger partial charge in [0.2, 0.25) is 5.95 Å². The van der Waals surface area contributed by atoms with E-state index in [0.29, 0.717) is 11.4 Å². The zero-order chi connectivity index (χ0) is 17.3.